The molecule has 0 saturated heterocycles. The van der Waals surface area contributed by atoms with E-state index in [1.54, 1.807) is 13.1 Å². The fraction of sp³-hybridized carbons (Fsp3) is 0.500. The molecule has 58 valence electrons. The van der Waals surface area contributed by atoms with Crippen molar-refractivity contribution >= 4 is 31.5 Å². The highest BCUT2D eigenvalue weighted by Gasteiger charge is 2.13. The normalized spacial score (nSPS) is 11.0. The lowest BCUT2D eigenvalue weighted by atomic mass is 10.7. The minimum absolute atomic E-state index is 0.828. The Hall–Kier alpha value is -0.626. The van der Waals surface area contributed by atoms with Gasteiger partial charge in [-0.2, -0.15) is 0 Å². The van der Waals surface area contributed by atoms with Gasteiger partial charge in [-0.05, 0) is 13.1 Å². The molecule has 0 aliphatic rings. The first kappa shape index (κ1) is 9.37. The van der Waals surface area contributed by atoms with Crippen LogP contribution in [0.3, 0.4) is 0 Å². The summed E-state index contributed by atoms with van der Waals surface area (Å²) in [7, 11) is -1.66. The van der Waals surface area contributed by atoms with Crippen LogP contribution in [0.2, 0.25) is 13.1 Å². The van der Waals surface area contributed by atoms with E-state index in [-0.39, 0.29) is 0 Å². The van der Waals surface area contributed by atoms with Gasteiger partial charge >= 0.3 is 11.9 Å². The van der Waals surface area contributed by atoms with Gasteiger partial charge in [0.1, 0.15) is 0 Å². The van der Waals surface area contributed by atoms with Crippen molar-refractivity contribution in [1.82, 2.24) is 0 Å². The average Bonchev–Trinajstić information content (AvgIpc) is 1.89. The van der Waals surface area contributed by atoms with Crippen molar-refractivity contribution in [2.75, 3.05) is 0 Å². The predicted molar refractivity (Wildman–Crippen MR) is 41.0 cm³/mol. The molecule has 0 aromatic carbocycles. The Bertz CT molecular complexity index is 119. The molecule has 0 radical (unpaired) electrons. The molecular formula is C4H10O4Si2. The van der Waals surface area contributed by atoms with E-state index in [0.717, 1.165) is 0 Å². The number of hydrogen-bond acceptors (Lipinski definition) is 4. The highest BCUT2D eigenvalue weighted by molar-refractivity contribution is 6.43. The minimum atomic E-state index is -0.830. The average molecular weight is 178 g/mol. The molecule has 4 nitrogen and oxygen atoms in total. The maximum atomic E-state index is 10.5. The van der Waals surface area contributed by atoms with Crippen LogP contribution >= 0.6 is 0 Å². The monoisotopic (exact) mass is 178 g/mol. The molecule has 0 atom stereocenters. The first-order valence-corrected chi connectivity index (χ1v) is 7.04. The van der Waals surface area contributed by atoms with Gasteiger partial charge in [0.15, 0.2) is 0 Å². The first-order chi connectivity index (χ1) is 4.72. The summed E-state index contributed by atoms with van der Waals surface area (Å²) in [5, 5.41) is 0. The molecule has 0 bridgehead atoms. The molecule has 0 aliphatic heterocycles. The number of hydrogen-bond donors (Lipinski definition) is 0. The SMILES string of the molecule is C[SiH2]OC(=O)C(=O)O[SiH2]C. The van der Waals surface area contributed by atoms with Gasteiger partial charge in [-0.1, -0.05) is 0 Å². The molecule has 0 fully saturated rings. The Balaban J connectivity index is 3.60. The lowest BCUT2D eigenvalue weighted by molar-refractivity contribution is -0.156. The summed E-state index contributed by atoms with van der Waals surface area (Å²) in [6.45, 7) is 3.54. The maximum Gasteiger partial charge on any atom is 0.402 e. The van der Waals surface area contributed by atoms with E-state index < -0.39 is 31.5 Å². The molecule has 0 aromatic rings. The Morgan fingerprint density at radius 3 is 1.50 bits per heavy atom. The van der Waals surface area contributed by atoms with Gasteiger partial charge in [-0.15, -0.1) is 0 Å². The smallest absolute Gasteiger partial charge is 0.402 e. The quantitative estimate of drug-likeness (QED) is 0.375. The van der Waals surface area contributed by atoms with Crippen LogP contribution in [0.15, 0.2) is 0 Å². The van der Waals surface area contributed by atoms with Crippen molar-refractivity contribution in [3.63, 3.8) is 0 Å². The largest absolute Gasteiger partial charge is 0.517 e. The zero-order valence-corrected chi connectivity index (χ0v) is 8.88. The van der Waals surface area contributed by atoms with Crippen LogP contribution in [0.25, 0.3) is 0 Å². The fourth-order valence-electron chi connectivity index (χ4n) is 0.380. The lowest BCUT2D eigenvalue weighted by Crippen LogP contribution is -2.21. The molecule has 0 aromatic heterocycles. The van der Waals surface area contributed by atoms with Gasteiger partial charge in [0.25, 0.3) is 0 Å². The Labute approximate surface area is 63.8 Å². The van der Waals surface area contributed by atoms with Crippen LogP contribution in [0.5, 0.6) is 0 Å². The predicted octanol–water partition coefficient (Wildman–Crippen LogP) is -1.66. The van der Waals surface area contributed by atoms with Crippen LogP contribution in [0, 0.1) is 0 Å². The summed E-state index contributed by atoms with van der Waals surface area (Å²) in [5.41, 5.74) is 0. The van der Waals surface area contributed by atoms with Crippen molar-refractivity contribution in [3.05, 3.63) is 0 Å². The summed E-state index contributed by atoms with van der Waals surface area (Å²) in [5.74, 6) is -1.66. The molecular weight excluding hydrogens is 168 g/mol. The Morgan fingerprint density at radius 1 is 1.00 bits per heavy atom. The summed E-state index contributed by atoms with van der Waals surface area (Å²) < 4.78 is 9.01. The van der Waals surface area contributed by atoms with Crippen molar-refractivity contribution < 1.29 is 18.4 Å². The van der Waals surface area contributed by atoms with Crippen molar-refractivity contribution in [2.45, 2.75) is 13.1 Å². The Morgan fingerprint density at radius 2 is 1.30 bits per heavy atom. The van der Waals surface area contributed by atoms with E-state index in [4.69, 9.17) is 0 Å². The van der Waals surface area contributed by atoms with E-state index in [0.29, 0.717) is 0 Å². The van der Waals surface area contributed by atoms with E-state index in [1.807, 2.05) is 0 Å². The van der Waals surface area contributed by atoms with Crippen LogP contribution in [-0.2, 0) is 18.4 Å². The highest BCUT2D eigenvalue weighted by atomic mass is 28.2. The zero-order chi connectivity index (χ0) is 7.98. The van der Waals surface area contributed by atoms with Crippen LogP contribution in [0.4, 0.5) is 0 Å². The summed E-state index contributed by atoms with van der Waals surface area (Å²) >= 11 is 0. The van der Waals surface area contributed by atoms with E-state index in [1.165, 1.54) is 0 Å². The second kappa shape index (κ2) is 5.18. The molecule has 0 N–H and O–H groups in total. The fourth-order valence-corrected chi connectivity index (χ4v) is 1.14. The van der Waals surface area contributed by atoms with Gasteiger partial charge in [0.05, 0.1) is 0 Å². The van der Waals surface area contributed by atoms with Gasteiger partial charge in [0.2, 0.25) is 19.5 Å². The summed E-state index contributed by atoms with van der Waals surface area (Å²) in [4.78, 5) is 21.0. The third-order valence-electron chi connectivity index (χ3n) is 0.718. The minimum Gasteiger partial charge on any atom is -0.517 e. The molecule has 6 heteroatoms. The topological polar surface area (TPSA) is 52.6 Å². The lowest BCUT2D eigenvalue weighted by Gasteiger charge is -2.00. The number of rotatable bonds is 2. The standard InChI is InChI=1S/C4H10O4Si2/c1-9-7-3(5)4(6)8-10-2/h9-10H2,1-2H3. The van der Waals surface area contributed by atoms with E-state index in [9.17, 15) is 9.59 Å². The van der Waals surface area contributed by atoms with Crippen molar-refractivity contribution in [1.29, 1.82) is 0 Å². The van der Waals surface area contributed by atoms with Gasteiger partial charge in [-0.25, -0.2) is 9.59 Å². The van der Waals surface area contributed by atoms with Crippen molar-refractivity contribution in [3.8, 4) is 0 Å². The third kappa shape index (κ3) is 3.41. The molecule has 0 unspecified atom stereocenters. The van der Waals surface area contributed by atoms with E-state index in [2.05, 4.69) is 8.85 Å². The second-order valence-corrected chi connectivity index (χ2v) is 3.17. The molecule has 10 heavy (non-hydrogen) atoms. The molecule has 0 aliphatic carbocycles. The maximum absolute atomic E-state index is 10.5. The van der Waals surface area contributed by atoms with E-state index >= 15 is 0 Å². The highest BCUT2D eigenvalue weighted by Crippen LogP contribution is 1.80. The molecule has 0 spiro atoms. The summed E-state index contributed by atoms with van der Waals surface area (Å²) in [6.07, 6.45) is 0. The molecule has 0 heterocycles. The number of carbonyl (C=O) groups is 2. The molecule has 0 amide bonds. The molecule has 0 saturated carbocycles. The number of carbonyl (C=O) groups excluding carboxylic acids is 2. The summed E-state index contributed by atoms with van der Waals surface area (Å²) in [6, 6.07) is 0. The van der Waals surface area contributed by atoms with Gasteiger partial charge in [-0.3, -0.25) is 0 Å². The Kier molecular flexibility index (Phi) is 4.86. The van der Waals surface area contributed by atoms with Gasteiger partial charge in [0, 0.05) is 0 Å². The second-order valence-electron chi connectivity index (χ2n) is 1.44. The van der Waals surface area contributed by atoms with Gasteiger partial charge < -0.3 is 8.85 Å². The van der Waals surface area contributed by atoms with Crippen LogP contribution in [0.1, 0.15) is 0 Å². The molecule has 0 rings (SSSR count). The third-order valence-corrected chi connectivity index (χ3v) is 1.82. The van der Waals surface area contributed by atoms with Crippen molar-refractivity contribution in [2.24, 2.45) is 0 Å². The van der Waals surface area contributed by atoms with Crippen LogP contribution in [-0.4, -0.2) is 31.5 Å². The van der Waals surface area contributed by atoms with Crippen LogP contribution < -0.4 is 0 Å². The first-order valence-electron chi connectivity index (χ1n) is 3.06. The zero-order valence-electron chi connectivity index (χ0n) is 6.05.